The number of nitrogens with one attached hydrogen (secondary N) is 1. The van der Waals surface area contributed by atoms with Crippen molar-refractivity contribution in [3.8, 4) is 0 Å². The van der Waals surface area contributed by atoms with Crippen molar-refractivity contribution in [2.75, 3.05) is 5.73 Å². The molecule has 0 unspecified atom stereocenters. The Morgan fingerprint density at radius 3 is 2.61 bits per heavy atom. The average molecular weight is 385 g/mol. The number of hydrogen-bond acceptors (Lipinski definition) is 5. The van der Waals surface area contributed by atoms with Crippen molar-refractivity contribution in [2.45, 2.75) is 52.0 Å². The maximum atomic E-state index is 14.6. The summed E-state index contributed by atoms with van der Waals surface area (Å²) in [6.45, 7) is 9.48. The highest BCUT2D eigenvalue weighted by molar-refractivity contribution is 6.08. The number of fused-ring (bicyclic) bond motifs is 1. The summed E-state index contributed by atoms with van der Waals surface area (Å²) in [6, 6.07) is 4.29. The molecule has 1 aromatic heterocycles. The fraction of sp³-hybridized carbons (Fsp3) is 0.400. The molecule has 1 aromatic carbocycles. The largest absolute Gasteiger partial charge is 0.465 e. The molecule has 1 amide bonds. The first-order valence-corrected chi connectivity index (χ1v) is 8.94. The third-order valence-electron chi connectivity index (χ3n) is 4.71. The molecule has 1 aliphatic heterocycles. The molecule has 0 saturated heterocycles. The van der Waals surface area contributed by atoms with Crippen LogP contribution >= 0.6 is 0 Å². The van der Waals surface area contributed by atoms with Gasteiger partial charge in [0, 0.05) is 23.1 Å². The highest BCUT2D eigenvalue weighted by Gasteiger charge is 2.39. The number of nitrogen functional groups attached to an aromatic ring is 1. The van der Waals surface area contributed by atoms with Gasteiger partial charge in [-0.2, -0.15) is 0 Å². The summed E-state index contributed by atoms with van der Waals surface area (Å²) in [4.78, 5) is 25.2. The van der Waals surface area contributed by atoms with Gasteiger partial charge in [0.15, 0.2) is 0 Å². The van der Waals surface area contributed by atoms with Crippen molar-refractivity contribution in [3.63, 3.8) is 0 Å². The molecule has 28 heavy (non-hydrogen) atoms. The number of nitrogens with two attached hydrogens (primary N) is 1. The molecule has 0 radical (unpaired) electrons. The van der Waals surface area contributed by atoms with Crippen LogP contribution in [-0.4, -0.2) is 27.0 Å². The van der Waals surface area contributed by atoms with Crippen molar-refractivity contribution in [3.05, 3.63) is 52.4 Å². The first-order valence-electron chi connectivity index (χ1n) is 8.94. The highest BCUT2D eigenvalue weighted by Crippen LogP contribution is 2.39. The standard InChI is InChI=1S/C20H24FN5O2/c1-10-23-14-9-20(5,12-8-11(22)6-7-13(12)21)26-17(25-18(27)28)15(14)16(24-10)19(2,3)4/h6-8H,9,22H2,1-5H3,(H,25,26)(H,27,28)/t20-/m0/s1. The first-order chi connectivity index (χ1) is 12.9. The average Bonchev–Trinajstić information content (AvgIpc) is 2.54. The topological polar surface area (TPSA) is 113 Å². The zero-order valence-corrected chi connectivity index (χ0v) is 16.6. The van der Waals surface area contributed by atoms with Gasteiger partial charge in [0.05, 0.1) is 22.5 Å². The molecule has 0 saturated carbocycles. The van der Waals surface area contributed by atoms with Crippen LogP contribution in [0.3, 0.4) is 0 Å². The second-order valence-corrected chi connectivity index (χ2v) is 8.27. The van der Waals surface area contributed by atoms with E-state index in [9.17, 15) is 14.3 Å². The van der Waals surface area contributed by atoms with Gasteiger partial charge in [0.2, 0.25) is 0 Å². The predicted molar refractivity (Wildman–Crippen MR) is 105 cm³/mol. The van der Waals surface area contributed by atoms with E-state index < -0.39 is 17.4 Å². The first kappa shape index (κ1) is 19.7. The quantitative estimate of drug-likeness (QED) is 0.652. The van der Waals surface area contributed by atoms with Crippen molar-refractivity contribution in [1.29, 1.82) is 0 Å². The van der Waals surface area contributed by atoms with Gasteiger partial charge in [0.1, 0.15) is 17.5 Å². The van der Waals surface area contributed by atoms with Crippen LogP contribution in [-0.2, 0) is 17.4 Å². The lowest BCUT2D eigenvalue weighted by atomic mass is 9.80. The number of carboxylic acid groups (broad SMARTS) is 1. The molecular weight excluding hydrogens is 361 g/mol. The number of rotatable bonds is 1. The zero-order chi connectivity index (χ0) is 20.9. The molecule has 1 aliphatic rings. The predicted octanol–water partition coefficient (Wildman–Crippen LogP) is 3.29. The number of hydrogen-bond donors (Lipinski definition) is 3. The Bertz CT molecular complexity index is 997. The second kappa shape index (κ2) is 6.54. The number of amides is 1. The highest BCUT2D eigenvalue weighted by atomic mass is 19.1. The number of halogens is 1. The third-order valence-corrected chi connectivity index (χ3v) is 4.71. The lowest BCUT2D eigenvalue weighted by Crippen LogP contribution is -2.41. The molecule has 1 atom stereocenters. The lowest BCUT2D eigenvalue weighted by molar-refractivity contribution is 0.200. The van der Waals surface area contributed by atoms with Gasteiger partial charge in [-0.25, -0.2) is 19.2 Å². The summed E-state index contributed by atoms with van der Waals surface area (Å²) >= 11 is 0. The van der Waals surface area contributed by atoms with E-state index in [2.05, 4.69) is 20.3 Å². The molecule has 148 valence electrons. The van der Waals surface area contributed by atoms with E-state index in [-0.39, 0.29) is 16.8 Å². The fourth-order valence-electron chi connectivity index (χ4n) is 3.52. The van der Waals surface area contributed by atoms with Crippen LogP contribution in [0.1, 0.15) is 56.0 Å². The number of anilines is 1. The molecule has 4 N–H and O–H groups in total. The number of benzene rings is 1. The Hall–Kier alpha value is -3.03. The zero-order valence-electron chi connectivity index (χ0n) is 16.6. The number of aromatic nitrogens is 2. The molecule has 2 heterocycles. The van der Waals surface area contributed by atoms with Crippen LogP contribution in [0.4, 0.5) is 14.9 Å². The van der Waals surface area contributed by atoms with E-state index in [1.165, 1.54) is 18.2 Å². The summed E-state index contributed by atoms with van der Waals surface area (Å²) in [5.41, 5.74) is 6.99. The molecule has 2 aromatic rings. The van der Waals surface area contributed by atoms with Gasteiger partial charge in [-0.05, 0) is 32.0 Å². The van der Waals surface area contributed by atoms with Crippen LogP contribution in [0.25, 0.3) is 0 Å². The SMILES string of the molecule is Cc1nc2c(c(C(C)(C)C)n1)C(NC(=O)O)=N[C@](C)(c1cc(N)ccc1F)C2. The van der Waals surface area contributed by atoms with Gasteiger partial charge >= 0.3 is 6.09 Å². The smallest absolute Gasteiger partial charge is 0.410 e. The van der Waals surface area contributed by atoms with Gasteiger partial charge in [-0.1, -0.05) is 20.8 Å². The summed E-state index contributed by atoms with van der Waals surface area (Å²) in [6.07, 6.45) is -0.970. The number of aryl methyl sites for hydroxylation is 1. The maximum Gasteiger partial charge on any atom is 0.410 e. The van der Waals surface area contributed by atoms with E-state index >= 15 is 0 Å². The Labute approximate surface area is 162 Å². The summed E-state index contributed by atoms with van der Waals surface area (Å²) < 4.78 is 14.6. The Morgan fingerprint density at radius 2 is 2.00 bits per heavy atom. The van der Waals surface area contributed by atoms with Gasteiger partial charge in [-0.15, -0.1) is 0 Å². The number of nitrogens with zero attached hydrogens (tertiary/aromatic N) is 3. The molecule has 7 nitrogen and oxygen atoms in total. The Kier molecular flexibility index (Phi) is 4.61. The second-order valence-electron chi connectivity index (χ2n) is 8.27. The van der Waals surface area contributed by atoms with Crippen LogP contribution < -0.4 is 11.1 Å². The Balaban J connectivity index is 2.30. The van der Waals surface area contributed by atoms with E-state index in [0.29, 0.717) is 34.9 Å². The number of aliphatic imine (C=N–C) groups is 1. The van der Waals surface area contributed by atoms with Crippen LogP contribution in [0.15, 0.2) is 23.2 Å². The fourth-order valence-corrected chi connectivity index (χ4v) is 3.52. The molecule has 0 aliphatic carbocycles. The normalized spacial score (nSPS) is 19.0. The van der Waals surface area contributed by atoms with E-state index in [1.807, 2.05) is 20.8 Å². The Morgan fingerprint density at radius 1 is 1.32 bits per heavy atom. The van der Waals surface area contributed by atoms with Crippen LogP contribution in [0.2, 0.25) is 0 Å². The monoisotopic (exact) mass is 385 g/mol. The van der Waals surface area contributed by atoms with Crippen LogP contribution in [0.5, 0.6) is 0 Å². The van der Waals surface area contributed by atoms with Crippen molar-refractivity contribution < 1.29 is 14.3 Å². The minimum absolute atomic E-state index is 0.114. The maximum absolute atomic E-state index is 14.6. The minimum atomic E-state index is -1.26. The van der Waals surface area contributed by atoms with E-state index in [4.69, 9.17) is 5.73 Å². The molecule has 0 spiro atoms. The molecular formula is C20H24FN5O2. The summed E-state index contributed by atoms with van der Waals surface area (Å²) in [7, 11) is 0. The minimum Gasteiger partial charge on any atom is -0.465 e. The number of carbonyl (C=O) groups is 1. The van der Waals surface area contributed by atoms with Crippen molar-refractivity contribution in [1.82, 2.24) is 15.3 Å². The summed E-state index contributed by atoms with van der Waals surface area (Å²) in [5, 5.41) is 11.7. The molecule has 3 rings (SSSR count). The van der Waals surface area contributed by atoms with Crippen molar-refractivity contribution in [2.24, 2.45) is 4.99 Å². The molecule has 8 heteroatoms. The van der Waals surface area contributed by atoms with E-state index in [1.54, 1.807) is 13.8 Å². The van der Waals surface area contributed by atoms with Crippen molar-refractivity contribution >= 4 is 17.6 Å². The van der Waals surface area contributed by atoms with E-state index in [0.717, 1.165) is 0 Å². The van der Waals surface area contributed by atoms with Gasteiger partial charge in [-0.3, -0.25) is 10.3 Å². The molecule has 0 fully saturated rings. The number of amidine groups is 1. The lowest BCUT2D eigenvalue weighted by Gasteiger charge is -2.34. The van der Waals surface area contributed by atoms with Gasteiger partial charge < -0.3 is 10.8 Å². The van der Waals surface area contributed by atoms with Gasteiger partial charge in [0.25, 0.3) is 0 Å². The van der Waals surface area contributed by atoms with Crippen LogP contribution in [0, 0.1) is 12.7 Å². The third kappa shape index (κ3) is 3.54. The molecule has 0 bridgehead atoms. The summed E-state index contributed by atoms with van der Waals surface area (Å²) in [5.74, 6) is 0.221.